The fourth-order valence-electron chi connectivity index (χ4n) is 1.34. The molecule has 0 bridgehead atoms. The van der Waals surface area contributed by atoms with E-state index in [4.69, 9.17) is 0 Å². The molecule has 1 rings (SSSR count). The molecule has 0 radical (unpaired) electrons. The summed E-state index contributed by atoms with van der Waals surface area (Å²) in [5.74, 6) is 0.829. The molecule has 2 heteroatoms. The summed E-state index contributed by atoms with van der Waals surface area (Å²) in [6.45, 7) is 8.09. The Labute approximate surface area is 69.8 Å². The Morgan fingerprint density at radius 3 is 3.00 bits per heavy atom. The lowest BCUT2D eigenvalue weighted by molar-refractivity contribution is 0.452. The van der Waals surface area contributed by atoms with Gasteiger partial charge in [-0.3, -0.25) is 0 Å². The lowest BCUT2D eigenvalue weighted by Crippen LogP contribution is -2.34. The zero-order valence-electron chi connectivity index (χ0n) is 7.69. The Balaban J connectivity index is 2.01. The van der Waals surface area contributed by atoms with Crippen LogP contribution >= 0.6 is 0 Å². The molecule has 1 heterocycles. The maximum absolute atomic E-state index is 3.57. The summed E-state index contributed by atoms with van der Waals surface area (Å²) in [4.78, 5) is 0. The van der Waals surface area contributed by atoms with Gasteiger partial charge in [-0.15, -0.1) is 0 Å². The minimum absolute atomic E-state index is 0.740. The van der Waals surface area contributed by atoms with Crippen LogP contribution in [0.25, 0.3) is 0 Å². The Morgan fingerprint density at radius 2 is 2.45 bits per heavy atom. The van der Waals surface area contributed by atoms with Crippen LogP contribution in [0.15, 0.2) is 0 Å². The quantitative estimate of drug-likeness (QED) is 0.634. The maximum atomic E-state index is 3.57. The van der Waals surface area contributed by atoms with Crippen molar-refractivity contribution >= 4 is 0 Å². The Bertz CT molecular complexity index is 97.7. The topological polar surface area (TPSA) is 24.1 Å². The highest BCUT2D eigenvalue weighted by molar-refractivity contribution is 4.77. The van der Waals surface area contributed by atoms with Crippen molar-refractivity contribution in [3.63, 3.8) is 0 Å². The first-order chi connectivity index (χ1) is 5.33. The summed E-state index contributed by atoms with van der Waals surface area (Å²) in [7, 11) is 0. The van der Waals surface area contributed by atoms with Gasteiger partial charge in [-0.2, -0.15) is 0 Å². The van der Waals surface area contributed by atoms with Crippen LogP contribution in [-0.4, -0.2) is 25.7 Å². The third kappa shape index (κ3) is 3.21. The molecule has 1 aliphatic rings. The van der Waals surface area contributed by atoms with Gasteiger partial charge in [-0.05, 0) is 25.4 Å². The largest absolute Gasteiger partial charge is 0.315 e. The summed E-state index contributed by atoms with van der Waals surface area (Å²) in [5.41, 5.74) is 0. The van der Waals surface area contributed by atoms with E-state index < -0.39 is 0 Å². The van der Waals surface area contributed by atoms with Crippen LogP contribution < -0.4 is 10.6 Å². The van der Waals surface area contributed by atoms with Gasteiger partial charge in [0.2, 0.25) is 0 Å². The first-order valence-electron chi connectivity index (χ1n) is 4.77. The highest BCUT2D eigenvalue weighted by atomic mass is 15.0. The molecule has 0 spiro atoms. The molecule has 0 saturated carbocycles. The molecule has 2 N–H and O–H groups in total. The molecule has 66 valence electrons. The second kappa shape index (κ2) is 4.73. The zero-order valence-corrected chi connectivity index (χ0v) is 7.69. The lowest BCUT2D eigenvalue weighted by atomic mass is 10.1. The van der Waals surface area contributed by atoms with Gasteiger partial charge in [-0.25, -0.2) is 0 Å². The molecule has 0 aromatic rings. The summed E-state index contributed by atoms with van der Waals surface area (Å²) in [6, 6.07) is 0.740. The average molecular weight is 156 g/mol. The maximum Gasteiger partial charge on any atom is 0.0204 e. The van der Waals surface area contributed by atoms with E-state index in [0.717, 1.165) is 18.5 Å². The predicted octanol–water partition coefficient (Wildman–Crippen LogP) is 0.984. The molecule has 0 amide bonds. The molecular weight excluding hydrogens is 136 g/mol. The van der Waals surface area contributed by atoms with Crippen LogP contribution in [0.3, 0.4) is 0 Å². The SMILES string of the molecule is CCC(C)CNC1CCNC1. The van der Waals surface area contributed by atoms with Crippen molar-refractivity contribution < 1.29 is 0 Å². The second-order valence-corrected chi connectivity index (χ2v) is 3.61. The summed E-state index contributed by atoms with van der Waals surface area (Å²) in [5, 5.41) is 6.92. The number of rotatable bonds is 4. The minimum Gasteiger partial charge on any atom is -0.315 e. The van der Waals surface area contributed by atoms with Crippen molar-refractivity contribution in [2.75, 3.05) is 19.6 Å². The molecule has 1 saturated heterocycles. The molecule has 0 aromatic heterocycles. The van der Waals surface area contributed by atoms with Gasteiger partial charge >= 0.3 is 0 Å². The van der Waals surface area contributed by atoms with E-state index in [1.807, 2.05) is 0 Å². The highest BCUT2D eigenvalue weighted by Crippen LogP contribution is 2.01. The molecule has 2 unspecified atom stereocenters. The standard InChI is InChI=1S/C9H20N2/c1-3-8(2)6-11-9-4-5-10-7-9/h8-11H,3-7H2,1-2H3. The van der Waals surface area contributed by atoms with Gasteiger partial charge in [0.25, 0.3) is 0 Å². The van der Waals surface area contributed by atoms with Crippen molar-refractivity contribution in [1.29, 1.82) is 0 Å². The van der Waals surface area contributed by atoms with Gasteiger partial charge in [0.1, 0.15) is 0 Å². The molecule has 0 aliphatic carbocycles. The summed E-state index contributed by atoms with van der Waals surface area (Å²) >= 11 is 0. The van der Waals surface area contributed by atoms with E-state index in [2.05, 4.69) is 24.5 Å². The van der Waals surface area contributed by atoms with E-state index in [9.17, 15) is 0 Å². The first-order valence-corrected chi connectivity index (χ1v) is 4.77. The third-order valence-corrected chi connectivity index (χ3v) is 2.51. The van der Waals surface area contributed by atoms with Crippen LogP contribution in [0.1, 0.15) is 26.7 Å². The van der Waals surface area contributed by atoms with Gasteiger partial charge in [0.05, 0.1) is 0 Å². The molecule has 1 fully saturated rings. The molecule has 2 nitrogen and oxygen atoms in total. The van der Waals surface area contributed by atoms with Gasteiger partial charge in [0, 0.05) is 12.6 Å². The van der Waals surface area contributed by atoms with Gasteiger partial charge in [-0.1, -0.05) is 20.3 Å². The summed E-state index contributed by atoms with van der Waals surface area (Å²) in [6.07, 6.45) is 2.59. The molecule has 1 aliphatic heterocycles. The third-order valence-electron chi connectivity index (χ3n) is 2.51. The first kappa shape index (κ1) is 9.01. The lowest BCUT2D eigenvalue weighted by Gasteiger charge is -2.14. The summed E-state index contributed by atoms with van der Waals surface area (Å²) < 4.78 is 0. The molecule has 0 aromatic carbocycles. The van der Waals surface area contributed by atoms with Gasteiger partial charge < -0.3 is 10.6 Å². The fourth-order valence-corrected chi connectivity index (χ4v) is 1.34. The fraction of sp³-hybridized carbons (Fsp3) is 1.00. The van der Waals surface area contributed by atoms with Crippen molar-refractivity contribution in [2.45, 2.75) is 32.7 Å². The van der Waals surface area contributed by atoms with E-state index in [0.29, 0.717) is 0 Å². The Morgan fingerprint density at radius 1 is 1.64 bits per heavy atom. The Kier molecular flexibility index (Phi) is 3.87. The van der Waals surface area contributed by atoms with Crippen LogP contribution in [-0.2, 0) is 0 Å². The van der Waals surface area contributed by atoms with Crippen molar-refractivity contribution in [3.05, 3.63) is 0 Å². The van der Waals surface area contributed by atoms with E-state index in [-0.39, 0.29) is 0 Å². The number of hydrogen-bond donors (Lipinski definition) is 2. The second-order valence-electron chi connectivity index (χ2n) is 3.61. The predicted molar refractivity (Wildman–Crippen MR) is 48.7 cm³/mol. The van der Waals surface area contributed by atoms with Crippen molar-refractivity contribution in [1.82, 2.24) is 10.6 Å². The normalized spacial score (nSPS) is 27.3. The molecular formula is C9H20N2. The van der Waals surface area contributed by atoms with E-state index in [1.165, 1.54) is 25.9 Å². The van der Waals surface area contributed by atoms with Crippen LogP contribution in [0.4, 0.5) is 0 Å². The number of hydrogen-bond acceptors (Lipinski definition) is 2. The van der Waals surface area contributed by atoms with Crippen molar-refractivity contribution in [2.24, 2.45) is 5.92 Å². The molecule has 2 atom stereocenters. The van der Waals surface area contributed by atoms with Crippen LogP contribution in [0, 0.1) is 5.92 Å². The van der Waals surface area contributed by atoms with E-state index >= 15 is 0 Å². The van der Waals surface area contributed by atoms with Crippen molar-refractivity contribution in [3.8, 4) is 0 Å². The minimum atomic E-state index is 0.740. The smallest absolute Gasteiger partial charge is 0.0204 e. The van der Waals surface area contributed by atoms with E-state index in [1.54, 1.807) is 0 Å². The highest BCUT2D eigenvalue weighted by Gasteiger charge is 2.13. The molecule has 11 heavy (non-hydrogen) atoms. The average Bonchev–Trinajstić information content (AvgIpc) is 2.52. The van der Waals surface area contributed by atoms with Gasteiger partial charge in [0.15, 0.2) is 0 Å². The number of nitrogens with one attached hydrogen (secondary N) is 2. The monoisotopic (exact) mass is 156 g/mol. The van der Waals surface area contributed by atoms with Crippen LogP contribution in [0.2, 0.25) is 0 Å². The Hall–Kier alpha value is -0.0800. The van der Waals surface area contributed by atoms with Crippen LogP contribution in [0.5, 0.6) is 0 Å². The zero-order chi connectivity index (χ0) is 8.10.